The van der Waals surface area contributed by atoms with Crippen molar-refractivity contribution in [2.45, 2.75) is 51.7 Å². The molecule has 2 aromatic rings. The summed E-state index contributed by atoms with van der Waals surface area (Å²) >= 11 is 3.47. The van der Waals surface area contributed by atoms with E-state index in [1.165, 1.54) is 0 Å². The van der Waals surface area contributed by atoms with Crippen LogP contribution in [0.3, 0.4) is 0 Å². The number of hydrogen-bond donors (Lipinski definition) is 0. The topological polar surface area (TPSA) is 59.8 Å². The lowest BCUT2D eigenvalue weighted by Crippen LogP contribution is -2.49. The van der Waals surface area contributed by atoms with Crippen molar-refractivity contribution in [3.8, 4) is 0 Å². The fraction of sp³-hybridized carbons (Fsp3) is 0.474. The molecule has 1 aromatic carbocycles. The van der Waals surface area contributed by atoms with Crippen molar-refractivity contribution in [3.05, 3.63) is 34.5 Å². The average Bonchev–Trinajstić information content (AvgIpc) is 2.98. The molecule has 1 aromatic heterocycles. The van der Waals surface area contributed by atoms with Crippen molar-refractivity contribution in [2.75, 3.05) is 6.54 Å². The molecule has 1 fully saturated rings. The third kappa shape index (κ3) is 3.89. The maximum absolute atomic E-state index is 13.0. The van der Waals surface area contributed by atoms with Crippen LogP contribution in [0, 0.1) is 0 Å². The third-order valence-corrected chi connectivity index (χ3v) is 4.88. The number of Topliss-reactive ketones (excluding diaryl/α,β-unsaturated/α-hetero) is 1. The molecular formula is C19H22BrNO4. The van der Waals surface area contributed by atoms with E-state index < -0.39 is 17.7 Å². The molecular weight excluding hydrogens is 386 g/mol. The van der Waals surface area contributed by atoms with Crippen molar-refractivity contribution < 1.29 is 18.7 Å². The zero-order valence-electron chi connectivity index (χ0n) is 14.7. The fourth-order valence-electron chi connectivity index (χ4n) is 3.05. The minimum absolute atomic E-state index is 0.173. The lowest BCUT2D eigenvalue weighted by atomic mass is 9.97. The summed E-state index contributed by atoms with van der Waals surface area (Å²) in [5.41, 5.74) is 0.0594. The van der Waals surface area contributed by atoms with Crippen LogP contribution in [0.25, 0.3) is 11.0 Å². The standard InChI is InChI=1S/C19H22BrNO4/c1-19(2,3)25-18(23)21-10-5-4-8-14(21)17(22)16-11-12-13(20)7-6-9-15(12)24-16/h6-7,9,11,14H,4-5,8,10H2,1-3H3. The van der Waals surface area contributed by atoms with Gasteiger partial charge in [-0.15, -0.1) is 0 Å². The first kappa shape index (κ1) is 18.0. The summed E-state index contributed by atoms with van der Waals surface area (Å²) in [6.07, 6.45) is 1.95. The van der Waals surface area contributed by atoms with Crippen LogP contribution in [0.1, 0.15) is 50.6 Å². The highest BCUT2D eigenvalue weighted by molar-refractivity contribution is 9.10. The molecule has 0 saturated carbocycles. The summed E-state index contributed by atoms with van der Waals surface area (Å²) in [6, 6.07) is 6.78. The molecule has 134 valence electrons. The molecule has 0 radical (unpaired) electrons. The van der Waals surface area contributed by atoms with Gasteiger partial charge in [-0.05, 0) is 58.2 Å². The quantitative estimate of drug-likeness (QED) is 0.644. The smallest absolute Gasteiger partial charge is 0.410 e. The van der Waals surface area contributed by atoms with E-state index in [2.05, 4.69) is 15.9 Å². The normalized spacial score (nSPS) is 18.4. The van der Waals surface area contributed by atoms with Gasteiger partial charge in [-0.3, -0.25) is 9.69 Å². The molecule has 5 nitrogen and oxygen atoms in total. The van der Waals surface area contributed by atoms with Gasteiger partial charge in [-0.25, -0.2) is 4.79 Å². The SMILES string of the molecule is CC(C)(C)OC(=O)N1CCCCC1C(=O)c1cc2c(Br)cccc2o1. The predicted octanol–water partition coefficient (Wildman–Crippen LogP) is 5.17. The Morgan fingerprint density at radius 3 is 2.72 bits per heavy atom. The molecule has 1 aliphatic heterocycles. The van der Waals surface area contributed by atoms with E-state index in [0.29, 0.717) is 18.5 Å². The Morgan fingerprint density at radius 2 is 2.04 bits per heavy atom. The van der Waals surface area contributed by atoms with Crippen molar-refractivity contribution in [1.82, 2.24) is 4.90 Å². The number of amides is 1. The molecule has 25 heavy (non-hydrogen) atoms. The van der Waals surface area contributed by atoms with Crippen LogP contribution in [0.2, 0.25) is 0 Å². The summed E-state index contributed by atoms with van der Waals surface area (Å²) in [4.78, 5) is 27.0. The zero-order valence-corrected chi connectivity index (χ0v) is 16.3. The van der Waals surface area contributed by atoms with E-state index in [1.54, 1.807) is 11.0 Å². The number of nitrogens with zero attached hydrogens (tertiary/aromatic N) is 1. The molecule has 0 aliphatic carbocycles. The van der Waals surface area contributed by atoms with Gasteiger partial charge in [0, 0.05) is 16.4 Å². The Labute approximate surface area is 155 Å². The number of halogens is 1. The van der Waals surface area contributed by atoms with Crippen molar-refractivity contribution >= 4 is 38.8 Å². The molecule has 1 amide bonds. The highest BCUT2D eigenvalue weighted by Crippen LogP contribution is 2.30. The van der Waals surface area contributed by atoms with E-state index in [1.807, 2.05) is 39.0 Å². The summed E-state index contributed by atoms with van der Waals surface area (Å²) in [5, 5.41) is 0.852. The minimum atomic E-state index is -0.591. The van der Waals surface area contributed by atoms with Crippen LogP contribution in [-0.4, -0.2) is 35.0 Å². The Hall–Kier alpha value is -1.82. The molecule has 3 rings (SSSR count). The Balaban J connectivity index is 1.87. The summed E-state index contributed by atoms with van der Waals surface area (Å²) in [6.45, 7) is 5.99. The summed E-state index contributed by atoms with van der Waals surface area (Å²) in [7, 11) is 0. The Morgan fingerprint density at radius 1 is 1.28 bits per heavy atom. The van der Waals surface area contributed by atoms with Crippen LogP contribution >= 0.6 is 15.9 Å². The molecule has 6 heteroatoms. The number of furan rings is 1. The van der Waals surface area contributed by atoms with E-state index in [-0.39, 0.29) is 11.5 Å². The maximum Gasteiger partial charge on any atom is 0.410 e. The van der Waals surface area contributed by atoms with Crippen LogP contribution in [0.15, 0.2) is 33.2 Å². The molecule has 0 bridgehead atoms. The van der Waals surface area contributed by atoms with Crippen molar-refractivity contribution in [1.29, 1.82) is 0 Å². The Kier molecular flexibility index (Phi) is 4.91. The maximum atomic E-state index is 13.0. The van der Waals surface area contributed by atoms with E-state index in [9.17, 15) is 9.59 Å². The number of rotatable bonds is 2. The summed E-state index contributed by atoms with van der Waals surface area (Å²) in [5.74, 6) is 0.107. The molecule has 0 spiro atoms. The molecule has 1 atom stereocenters. The van der Waals surface area contributed by atoms with Gasteiger partial charge in [0.15, 0.2) is 5.76 Å². The van der Waals surface area contributed by atoms with Crippen molar-refractivity contribution in [2.24, 2.45) is 0 Å². The van der Waals surface area contributed by atoms with Crippen LogP contribution in [0.4, 0.5) is 4.79 Å². The molecule has 1 aliphatic rings. The number of carbonyl (C=O) groups is 2. The zero-order chi connectivity index (χ0) is 18.2. The first-order valence-corrected chi connectivity index (χ1v) is 9.27. The van der Waals surface area contributed by atoms with Crippen LogP contribution in [-0.2, 0) is 4.74 Å². The van der Waals surface area contributed by atoms with Gasteiger partial charge in [0.1, 0.15) is 17.2 Å². The van der Waals surface area contributed by atoms with Gasteiger partial charge < -0.3 is 9.15 Å². The molecule has 0 N–H and O–H groups in total. The number of fused-ring (bicyclic) bond motifs is 1. The monoisotopic (exact) mass is 407 g/mol. The first-order valence-electron chi connectivity index (χ1n) is 8.48. The number of piperidine rings is 1. The van der Waals surface area contributed by atoms with Gasteiger partial charge in [0.25, 0.3) is 0 Å². The van der Waals surface area contributed by atoms with Crippen LogP contribution < -0.4 is 0 Å². The van der Waals surface area contributed by atoms with Crippen molar-refractivity contribution in [3.63, 3.8) is 0 Å². The highest BCUT2D eigenvalue weighted by Gasteiger charge is 2.36. The minimum Gasteiger partial charge on any atom is -0.453 e. The largest absolute Gasteiger partial charge is 0.453 e. The highest BCUT2D eigenvalue weighted by atomic mass is 79.9. The lowest BCUT2D eigenvalue weighted by molar-refractivity contribution is 0.0101. The van der Waals surface area contributed by atoms with E-state index in [0.717, 1.165) is 22.7 Å². The second-order valence-corrected chi connectivity index (χ2v) is 8.17. The number of ether oxygens (including phenoxy) is 1. The van der Waals surface area contributed by atoms with E-state index >= 15 is 0 Å². The number of hydrogen-bond acceptors (Lipinski definition) is 4. The van der Waals surface area contributed by atoms with Gasteiger partial charge >= 0.3 is 6.09 Å². The predicted molar refractivity (Wildman–Crippen MR) is 98.8 cm³/mol. The number of ketones is 1. The fourth-order valence-corrected chi connectivity index (χ4v) is 3.52. The molecule has 2 heterocycles. The molecule has 1 saturated heterocycles. The lowest BCUT2D eigenvalue weighted by Gasteiger charge is -2.35. The second-order valence-electron chi connectivity index (χ2n) is 7.31. The van der Waals surface area contributed by atoms with Gasteiger partial charge in [0.05, 0.1) is 0 Å². The number of benzene rings is 1. The van der Waals surface area contributed by atoms with E-state index in [4.69, 9.17) is 9.15 Å². The number of likely N-dealkylation sites (tertiary alicyclic amines) is 1. The second kappa shape index (κ2) is 6.83. The summed E-state index contributed by atoms with van der Waals surface area (Å²) < 4.78 is 12.1. The molecule has 1 unspecified atom stereocenters. The Bertz CT molecular complexity index is 805. The first-order chi connectivity index (χ1) is 11.8. The van der Waals surface area contributed by atoms with Gasteiger partial charge in [-0.2, -0.15) is 0 Å². The van der Waals surface area contributed by atoms with Crippen LogP contribution in [0.5, 0.6) is 0 Å². The van der Waals surface area contributed by atoms with Gasteiger partial charge in [0.2, 0.25) is 5.78 Å². The number of carbonyl (C=O) groups excluding carboxylic acids is 2. The van der Waals surface area contributed by atoms with Gasteiger partial charge in [-0.1, -0.05) is 22.0 Å². The third-order valence-electron chi connectivity index (χ3n) is 4.18. The average molecular weight is 408 g/mol.